The van der Waals surface area contributed by atoms with Crippen molar-refractivity contribution in [3.05, 3.63) is 0 Å². The van der Waals surface area contributed by atoms with Crippen LogP contribution in [-0.2, 0) is 9.53 Å². The molecule has 0 aromatic heterocycles. The van der Waals surface area contributed by atoms with Gasteiger partial charge in [-0.25, -0.2) is 0 Å². The summed E-state index contributed by atoms with van der Waals surface area (Å²) in [6, 6.07) is 0.378. The van der Waals surface area contributed by atoms with Gasteiger partial charge in [-0.15, -0.1) is 0 Å². The van der Waals surface area contributed by atoms with Crippen LogP contribution in [0.2, 0.25) is 0 Å². The van der Waals surface area contributed by atoms with Crippen molar-refractivity contribution in [2.75, 3.05) is 6.61 Å². The Morgan fingerprint density at radius 2 is 2.25 bits per heavy atom. The Morgan fingerprint density at radius 1 is 1.50 bits per heavy atom. The molecule has 92 valence electrons. The third-order valence-corrected chi connectivity index (χ3v) is 3.67. The summed E-state index contributed by atoms with van der Waals surface area (Å²) in [5, 5.41) is 3.35. The molecule has 2 aliphatic rings. The van der Waals surface area contributed by atoms with E-state index in [1.807, 2.05) is 4.90 Å². The maximum atomic E-state index is 12.2. The van der Waals surface area contributed by atoms with Crippen molar-refractivity contribution in [1.29, 1.82) is 0 Å². The molecule has 0 aromatic carbocycles. The molecule has 4 heteroatoms. The molecular weight excluding hydrogens is 204 g/mol. The predicted octanol–water partition coefficient (Wildman–Crippen LogP) is 1.11. The van der Waals surface area contributed by atoms with Gasteiger partial charge in [0.1, 0.15) is 0 Å². The van der Waals surface area contributed by atoms with Crippen molar-refractivity contribution >= 4 is 5.91 Å². The van der Waals surface area contributed by atoms with E-state index in [1.54, 1.807) is 0 Å². The standard InChI is InChI=1S/C12H22N2O2/c1-4-11-12(15)14(9(3)13-11)10-5-6-16-8(2)7-10/h8-11,13H,4-7H2,1-3H3. The Hall–Kier alpha value is -0.610. The molecule has 1 amide bonds. The Balaban J connectivity index is 2.05. The molecule has 0 aromatic rings. The van der Waals surface area contributed by atoms with Crippen LogP contribution in [0.5, 0.6) is 0 Å². The number of rotatable bonds is 2. The molecule has 4 nitrogen and oxygen atoms in total. The summed E-state index contributed by atoms with van der Waals surface area (Å²) in [6.45, 7) is 6.99. The van der Waals surface area contributed by atoms with Gasteiger partial charge in [0.25, 0.3) is 0 Å². The van der Waals surface area contributed by atoms with E-state index in [4.69, 9.17) is 4.74 Å². The van der Waals surface area contributed by atoms with Crippen molar-refractivity contribution in [2.45, 2.75) is 64.4 Å². The van der Waals surface area contributed by atoms with Gasteiger partial charge < -0.3 is 9.64 Å². The lowest BCUT2D eigenvalue weighted by Gasteiger charge is -2.36. The molecule has 0 radical (unpaired) electrons. The molecule has 2 heterocycles. The molecule has 4 unspecified atom stereocenters. The summed E-state index contributed by atoms with van der Waals surface area (Å²) in [7, 11) is 0. The van der Waals surface area contributed by atoms with Gasteiger partial charge in [0, 0.05) is 12.6 Å². The Bertz CT molecular complexity index is 270. The normalized spacial score (nSPS) is 40.4. The highest BCUT2D eigenvalue weighted by Crippen LogP contribution is 2.25. The molecule has 16 heavy (non-hydrogen) atoms. The number of amides is 1. The minimum Gasteiger partial charge on any atom is -0.378 e. The van der Waals surface area contributed by atoms with Crippen LogP contribution >= 0.6 is 0 Å². The van der Waals surface area contributed by atoms with Gasteiger partial charge in [-0.05, 0) is 33.1 Å². The monoisotopic (exact) mass is 226 g/mol. The molecule has 0 spiro atoms. The van der Waals surface area contributed by atoms with Crippen molar-refractivity contribution in [2.24, 2.45) is 0 Å². The number of ether oxygens (including phenoxy) is 1. The van der Waals surface area contributed by atoms with Crippen LogP contribution in [0.4, 0.5) is 0 Å². The third-order valence-electron chi connectivity index (χ3n) is 3.67. The molecule has 2 fully saturated rings. The second-order valence-corrected chi connectivity index (χ2v) is 4.91. The minimum atomic E-state index is 0.0214. The molecular formula is C12H22N2O2. The zero-order valence-electron chi connectivity index (χ0n) is 10.4. The van der Waals surface area contributed by atoms with E-state index >= 15 is 0 Å². The Morgan fingerprint density at radius 3 is 2.81 bits per heavy atom. The molecule has 2 saturated heterocycles. The average molecular weight is 226 g/mol. The van der Waals surface area contributed by atoms with Crippen LogP contribution in [0.3, 0.4) is 0 Å². The fourth-order valence-corrected chi connectivity index (χ4v) is 2.83. The predicted molar refractivity (Wildman–Crippen MR) is 62.0 cm³/mol. The second kappa shape index (κ2) is 4.72. The lowest BCUT2D eigenvalue weighted by molar-refractivity contribution is -0.135. The fraction of sp³-hybridized carbons (Fsp3) is 0.917. The number of hydrogen-bond acceptors (Lipinski definition) is 3. The van der Waals surface area contributed by atoms with Gasteiger partial charge in [-0.3, -0.25) is 10.1 Å². The number of nitrogens with one attached hydrogen (secondary N) is 1. The number of nitrogens with zero attached hydrogens (tertiary/aromatic N) is 1. The number of hydrogen-bond donors (Lipinski definition) is 1. The highest BCUT2D eigenvalue weighted by Gasteiger charge is 2.40. The first-order chi connectivity index (χ1) is 7.63. The van der Waals surface area contributed by atoms with E-state index in [1.165, 1.54) is 0 Å². The second-order valence-electron chi connectivity index (χ2n) is 4.91. The molecule has 2 rings (SSSR count). The van der Waals surface area contributed by atoms with Crippen LogP contribution in [0.1, 0.15) is 40.0 Å². The van der Waals surface area contributed by atoms with E-state index in [-0.39, 0.29) is 24.2 Å². The van der Waals surface area contributed by atoms with E-state index in [0.29, 0.717) is 6.04 Å². The van der Waals surface area contributed by atoms with Gasteiger partial charge in [0.05, 0.1) is 18.3 Å². The van der Waals surface area contributed by atoms with Gasteiger partial charge >= 0.3 is 0 Å². The summed E-state index contributed by atoms with van der Waals surface area (Å²) in [5.41, 5.74) is 0. The molecule has 1 N–H and O–H groups in total. The van der Waals surface area contributed by atoms with Gasteiger partial charge in [-0.2, -0.15) is 0 Å². The van der Waals surface area contributed by atoms with Crippen molar-refractivity contribution in [3.8, 4) is 0 Å². The summed E-state index contributed by atoms with van der Waals surface area (Å²) >= 11 is 0. The van der Waals surface area contributed by atoms with Crippen molar-refractivity contribution in [1.82, 2.24) is 10.2 Å². The summed E-state index contributed by atoms with van der Waals surface area (Å²) in [5.74, 6) is 0.272. The maximum Gasteiger partial charge on any atom is 0.241 e. The van der Waals surface area contributed by atoms with Gasteiger partial charge in [0.15, 0.2) is 0 Å². The third kappa shape index (κ3) is 2.09. The van der Waals surface area contributed by atoms with Crippen molar-refractivity contribution in [3.63, 3.8) is 0 Å². The lowest BCUT2D eigenvalue weighted by atomic mass is 10.0. The molecule has 0 saturated carbocycles. The SMILES string of the molecule is CCC1NC(C)N(C2CCOC(C)C2)C1=O. The largest absolute Gasteiger partial charge is 0.378 e. The topological polar surface area (TPSA) is 41.6 Å². The number of carbonyl (C=O) groups excluding carboxylic acids is 1. The molecule has 0 aliphatic carbocycles. The lowest BCUT2D eigenvalue weighted by Crippen LogP contribution is -2.47. The van der Waals surface area contributed by atoms with Gasteiger partial charge in [0.2, 0.25) is 5.91 Å². The van der Waals surface area contributed by atoms with Gasteiger partial charge in [-0.1, -0.05) is 6.92 Å². The van der Waals surface area contributed by atoms with E-state index < -0.39 is 0 Å². The minimum absolute atomic E-state index is 0.0214. The first-order valence-electron chi connectivity index (χ1n) is 6.33. The zero-order chi connectivity index (χ0) is 11.7. The molecule has 0 bridgehead atoms. The zero-order valence-corrected chi connectivity index (χ0v) is 10.4. The van der Waals surface area contributed by atoms with E-state index in [9.17, 15) is 4.79 Å². The van der Waals surface area contributed by atoms with Crippen molar-refractivity contribution < 1.29 is 9.53 Å². The smallest absolute Gasteiger partial charge is 0.241 e. The maximum absolute atomic E-state index is 12.2. The van der Waals surface area contributed by atoms with Crippen LogP contribution in [0, 0.1) is 0 Å². The fourth-order valence-electron chi connectivity index (χ4n) is 2.83. The highest BCUT2D eigenvalue weighted by molar-refractivity contribution is 5.84. The first kappa shape index (κ1) is 11.9. The van der Waals surface area contributed by atoms with Crippen LogP contribution in [-0.4, -0.2) is 41.8 Å². The molecule has 4 atom stereocenters. The van der Waals surface area contributed by atoms with Crippen LogP contribution in [0.25, 0.3) is 0 Å². The van der Waals surface area contributed by atoms with Crippen LogP contribution < -0.4 is 5.32 Å². The summed E-state index contributed by atoms with van der Waals surface area (Å²) in [4.78, 5) is 14.2. The summed E-state index contributed by atoms with van der Waals surface area (Å²) < 4.78 is 5.53. The van der Waals surface area contributed by atoms with E-state index in [0.717, 1.165) is 25.9 Å². The van der Waals surface area contributed by atoms with Crippen LogP contribution in [0.15, 0.2) is 0 Å². The molecule has 2 aliphatic heterocycles. The quantitative estimate of drug-likeness (QED) is 0.767. The highest BCUT2D eigenvalue weighted by atomic mass is 16.5. The average Bonchev–Trinajstić information content (AvgIpc) is 2.53. The Kier molecular flexibility index (Phi) is 3.50. The summed E-state index contributed by atoms with van der Waals surface area (Å²) in [6.07, 6.45) is 3.26. The van der Waals surface area contributed by atoms with E-state index in [2.05, 4.69) is 26.1 Å². The Labute approximate surface area is 97.3 Å². The first-order valence-corrected chi connectivity index (χ1v) is 6.33. The number of carbonyl (C=O) groups is 1.